The molecule has 0 aromatic carbocycles. The van der Waals surface area contributed by atoms with E-state index in [2.05, 4.69) is 6.58 Å². The Balaban J connectivity index is 2.75. The summed E-state index contributed by atoms with van der Waals surface area (Å²) < 4.78 is 0. The zero-order valence-electron chi connectivity index (χ0n) is 6.26. The summed E-state index contributed by atoms with van der Waals surface area (Å²) in [5.41, 5.74) is 1.09. The number of rotatable bonds is 1. The molecule has 0 bridgehead atoms. The fourth-order valence-corrected chi connectivity index (χ4v) is 1.08. The van der Waals surface area contributed by atoms with Gasteiger partial charge < -0.3 is 0 Å². The van der Waals surface area contributed by atoms with Gasteiger partial charge in [-0.1, -0.05) is 19.6 Å². The fraction of sp³-hybridized carbons (Fsp3) is 0.444. The summed E-state index contributed by atoms with van der Waals surface area (Å²) in [5, 5.41) is 0. The summed E-state index contributed by atoms with van der Waals surface area (Å²) in [5.74, 6) is 0.477. The standard InChI is InChI=1S/C9H12O/c1-3-8-5-4-7(2)9(10)6-8/h3,6-7H,1,4-5H2,2H3. The van der Waals surface area contributed by atoms with E-state index in [4.69, 9.17) is 0 Å². The topological polar surface area (TPSA) is 17.1 Å². The van der Waals surface area contributed by atoms with Gasteiger partial charge in [-0.05, 0) is 24.5 Å². The van der Waals surface area contributed by atoms with Crippen LogP contribution >= 0.6 is 0 Å². The molecule has 0 N–H and O–H groups in total. The highest BCUT2D eigenvalue weighted by Gasteiger charge is 2.15. The lowest BCUT2D eigenvalue weighted by Gasteiger charge is -2.13. The summed E-state index contributed by atoms with van der Waals surface area (Å²) in [6.45, 7) is 5.59. The second-order valence-electron chi connectivity index (χ2n) is 2.77. The SMILES string of the molecule is C=CC1=CC(=O)C(C)CC1. The Hall–Kier alpha value is -0.850. The molecule has 1 heteroatoms. The quantitative estimate of drug-likeness (QED) is 0.539. The highest BCUT2D eigenvalue weighted by molar-refractivity contribution is 5.93. The minimum atomic E-state index is 0.226. The average Bonchev–Trinajstić information content (AvgIpc) is 1.95. The van der Waals surface area contributed by atoms with Crippen LogP contribution in [0.5, 0.6) is 0 Å². The smallest absolute Gasteiger partial charge is 0.158 e. The number of allylic oxidation sites excluding steroid dienone is 3. The molecular weight excluding hydrogens is 124 g/mol. The molecule has 0 aliphatic heterocycles. The van der Waals surface area contributed by atoms with Gasteiger partial charge >= 0.3 is 0 Å². The monoisotopic (exact) mass is 136 g/mol. The zero-order valence-corrected chi connectivity index (χ0v) is 6.26. The Morgan fingerprint density at radius 1 is 1.80 bits per heavy atom. The maximum absolute atomic E-state index is 11.0. The van der Waals surface area contributed by atoms with Gasteiger partial charge in [0.25, 0.3) is 0 Å². The summed E-state index contributed by atoms with van der Waals surface area (Å²) >= 11 is 0. The first-order valence-corrected chi connectivity index (χ1v) is 3.61. The number of hydrogen-bond acceptors (Lipinski definition) is 1. The number of carbonyl (C=O) groups excluding carboxylic acids is 1. The van der Waals surface area contributed by atoms with E-state index in [9.17, 15) is 4.79 Å². The van der Waals surface area contributed by atoms with E-state index in [0.29, 0.717) is 0 Å². The van der Waals surface area contributed by atoms with Crippen molar-refractivity contribution in [1.82, 2.24) is 0 Å². The van der Waals surface area contributed by atoms with Gasteiger partial charge in [0.2, 0.25) is 0 Å². The van der Waals surface area contributed by atoms with Gasteiger partial charge in [-0.15, -0.1) is 0 Å². The van der Waals surface area contributed by atoms with Gasteiger partial charge in [-0.3, -0.25) is 4.79 Å². The minimum Gasteiger partial charge on any atom is -0.295 e. The van der Waals surface area contributed by atoms with Crippen molar-refractivity contribution < 1.29 is 4.79 Å². The Labute approximate surface area is 61.4 Å². The normalized spacial score (nSPS) is 25.9. The summed E-state index contributed by atoms with van der Waals surface area (Å²) in [7, 11) is 0. The number of ketones is 1. The first kappa shape index (κ1) is 7.26. The molecule has 1 rings (SSSR count). The van der Waals surface area contributed by atoms with Gasteiger partial charge in [0.15, 0.2) is 5.78 Å². The highest BCUT2D eigenvalue weighted by atomic mass is 16.1. The lowest BCUT2D eigenvalue weighted by Crippen LogP contribution is -2.12. The molecular formula is C9H12O. The first-order chi connectivity index (χ1) is 4.74. The van der Waals surface area contributed by atoms with E-state index < -0.39 is 0 Å². The molecule has 54 valence electrons. The highest BCUT2D eigenvalue weighted by Crippen LogP contribution is 2.20. The number of hydrogen-bond donors (Lipinski definition) is 0. The van der Waals surface area contributed by atoms with Crippen LogP contribution in [0.3, 0.4) is 0 Å². The predicted molar refractivity (Wildman–Crippen MR) is 41.7 cm³/mol. The van der Waals surface area contributed by atoms with Crippen LogP contribution in [0, 0.1) is 5.92 Å². The number of carbonyl (C=O) groups is 1. The molecule has 0 spiro atoms. The molecule has 0 saturated heterocycles. The second kappa shape index (κ2) is 2.82. The van der Waals surface area contributed by atoms with Crippen molar-refractivity contribution in [1.29, 1.82) is 0 Å². The lowest BCUT2D eigenvalue weighted by atomic mass is 9.90. The maximum Gasteiger partial charge on any atom is 0.158 e. The van der Waals surface area contributed by atoms with Crippen molar-refractivity contribution in [3.63, 3.8) is 0 Å². The minimum absolute atomic E-state index is 0.226. The molecule has 0 heterocycles. The molecule has 1 atom stereocenters. The molecule has 0 fully saturated rings. The Kier molecular flexibility index (Phi) is 2.05. The Morgan fingerprint density at radius 3 is 3.00 bits per heavy atom. The van der Waals surface area contributed by atoms with E-state index in [1.807, 2.05) is 6.92 Å². The lowest BCUT2D eigenvalue weighted by molar-refractivity contribution is -0.118. The van der Waals surface area contributed by atoms with E-state index in [-0.39, 0.29) is 11.7 Å². The molecule has 1 aliphatic rings. The molecule has 0 radical (unpaired) electrons. The van der Waals surface area contributed by atoms with Crippen LogP contribution < -0.4 is 0 Å². The van der Waals surface area contributed by atoms with Crippen LogP contribution in [0.1, 0.15) is 19.8 Å². The van der Waals surface area contributed by atoms with E-state index >= 15 is 0 Å². The summed E-state index contributed by atoms with van der Waals surface area (Å²) in [6, 6.07) is 0. The van der Waals surface area contributed by atoms with Crippen molar-refractivity contribution in [2.45, 2.75) is 19.8 Å². The third-order valence-electron chi connectivity index (χ3n) is 1.94. The molecule has 0 aromatic rings. The van der Waals surface area contributed by atoms with E-state index in [1.165, 1.54) is 0 Å². The molecule has 0 saturated carbocycles. The molecule has 10 heavy (non-hydrogen) atoms. The Bertz CT molecular complexity index is 189. The van der Waals surface area contributed by atoms with Crippen molar-refractivity contribution in [2.24, 2.45) is 5.92 Å². The largest absolute Gasteiger partial charge is 0.295 e. The summed E-state index contributed by atoms with van der Waals surface area (Å²) in [4.78, 5) is 11.0. The van der Waals surface area contributed by atoms with Crippen molar-refractivity contribution in [3.05, 3.63) is 24.3 Å². The van der Waals surface area contributed by atoms with Crippen molar-refractivity contribution >= 4 is 5.78 Å². The van der Waals surface area contributed by atoms with E-state index in [1.54, 1.807) is 12.2 Å². The zero-order chi connectivity index (χ0) is 7.56. The summed E-state index contributed by atoms with van der Waals surface area (Å²) in [6.07, 6.45) is 5.47. The fourth-order valence-electron chi connectivity index (χ4n) is 1.08. The predicted octanol–water partition coefficient (Wildman–Crippen LogP) is 2.10. The average molecular weight is 136 g/mol. The van der Waals surface area contributed by atoms with Crippen molar-refractivity contribution in [2.75, 3.05) is 0 Å². The Morgan fingerprint density at radius 2 is 2.50 bits per heavy atom. The molecule has 0 amide bonds. The van der Waals surface area contributed by atoms with Gasteiger partial charge in [0.05, 0.1) is 0 Å². The van der Waals surface area contributed by atoms with Crippen LogP contribution in [0.25, 0.3) is 0 Å². The van der Waals surface area contributed by atoms with Gasteiger partial charge in [-0.25, -0.2) is 0 Å². The van der Waals surface area contributed by atoms with E-state index in [0.717, 1.165) is 18.4 Å². The molecule has 1 unspecified atom stereocenters. The second-order valence-corrected chi connectivity index (χ2v) is 2.77. The maximum atomic E-state index is 11.0. The molecule has 0 aromatic heterocycles. The van der Waals surface area contributed by atoms with Crippen molar-refractivity contribution in [3.8, 4) is 0 Å². The first-order valence-electron chi connectivity index (χ1n) is 3.61. The van der Waals surface area contributed by atoms with Crippen LogP contribution in [-0.2, 0) is 4.79 Å². The van der Waals surface area contributed by atoms with Crippen LogP contribution in [-0.4, -0.2) is 5.78 Å². The third-order valence-corrected chi connectivity index (χ3v) is 1.94. The molecule has 1 aliphatic carbocycles. The third kappa shape index (κ3) is 1.35. The van der Waals surface area contributed by atoms with Gasteiger partial charge in [0.1, 0.15) is 0 Å². The van der Waals surface area contributed by atoms with Crippen LogP contribution in [0.2, 0.25) is 0 Å². The molecule has 1 nitrogen and oxygen atoms in total. The van der Waals surface area contributed by atoms with Gasteiger partial charge in [-0.2, -0.15) is 0 Å². The van der Waals surface area contributed by atoms with Crippen LogP contribution in [0.4, 0.5) is 0 Å². The van der Waals surface area contributed by atoms with Gasteiger partial charge in [0, 0.05) is 5.92 Å². The van der Waals surface area contributed by atoms with Crippen LogP contribution in [0.15, 0.2) is 24.3 Å².